The molecule has 3 atom stereocenters. The second-order valence-corrected chi connectivity index (χ2v) is 7.83. The van der Waals surface area contributed by atoms with Crippen LogP contribution in [-0.2, 0) is 5.41 Å². The minimum absolute atomic E-state index is 0.251. The quantitative estimate of drug-likeness (QED) is 0.601. The van der Waals surface area contributed by atoms with Gasteiger partial charge >= 0.3 is 0 Å². The molecule has 0 amide bonds. The summed E-state index contributed by atoms with van der Waals surface area (Å²) >= 11 is 3.93. The highest BCUT2D eigenvalue weighted by atomic mass is 79.9. The molecule has 0 radical (unpaired) electrons. The van der Waals surface area contributed by atoms with E-state index in [2.05, 4.69) is 67.9 Å². The van der Waals surface area contributed by atoms with E-state index in [0.29, 0.717) is 4.83 Å². The molecule has 1 aliphatic rings. The van der Waals surface area contributed by atoms with Crippen LogP contribution >= 0.6 is 15.9 Å². The number of hydrogen-bond acceptors (Lipinski definition) is 0. The van der Waals surface area contributed by atoms with Crippen LogP contribution in [0.15, 0.2) is 24.3 Å². The van der Waals surface area contributed by atoms with E-state index in [4.69, 9.17) is 0 Å². The molecule has 1 aromatic carbocycles. The van der Waals surface area contributed by atoms with Crippen LogP contribution in [0.25, 0.3) is 0 Å². The maximum absolute atomic E-state index is 3.93. The average Bonchev–Trinajstić information content (AvgIpc) is 2.73. The first-order valence-electron chi connectivity index (χ1n) is 7.14. The van der Waals surface area contributed by atoms with Crippen molar-refractivity contribution >= 4 is 15.9 Å². The normalized spacial score (nSPS) is 26.3. The van der Waals surface area contributed by atoms with Gasteiger partial charge in [-0.2, -0.15) is 0 Å². The third-order valence-electron chi connectivity index (χ3n) is 4.40. The Balaban J connectivity index is 2.14. The molecule has 1 aromatic rings. The lowest BCUT2D eigenvalue weighted by Crippen LogP contribution is -2.13. The molecule has 2 rings (SSSR count). The summed E-state index contributed by atoms with van der Waals surface area (Å²) in [6, 6.07) is 9.21. The van der Waals surface area contributed by atoms with E-state index in [1.165, 1.54) is 30.4 Å². The Labute approximate surface area is 120 Å². The molecule has 18 heavy (non-hydrogen) atoms. The molecule has 0 spiro atoms. The van der Waals surface area contributed by atoms with Crippen LogP contribution in [0.5, 0.6) is 0 Å². The average molecular weight is 309 g/mol. The van der Waals surface area contributed by atoms with Gasteiger partial charge in [0.05, 0.1) is 0 Å². The van der Waals surface area contributed by atoms with E-state index in [0.717, 1.165) is 11.8 Å². The van der Waals surface area contributed by atoms with Gasteiger partial charge in [-0.15, -0.1) is 0 Å². The van der Waals surface area contributed by atoms with Gasteiger partial charge in [0.15, 0.2) is 0 Å². The van der Waals surface area contributed by atoms with Gasteiger partial charge in [0.25, 0.3) is 0 Å². The first kappa shape index (κ1) is 14.1. The van der Waals surface area contributed by atoms with Crippen molar-refractivity contribution in [2.45, 2.75) is 57.2 Å². The standard InChI is InChI=1S/C17H25Br/c1-12-6-5-7-15(12)16(18)13-8-10-14(11-9-13)17(2,3)4/h8-12,15-16H,5-7H2,1-4H3. The van der Waals surface area contributed by atoms with Gasteiger partial charge in [-0.1, -0.05) is 80.7 Å². The topological polar surface area (TPSA) is 0 Å². The molecular formula is C17H25Br. The molecule has 100 valence electrons. The maximum Gasteiger partial charge on any atom is 0.0426 e. The lowest BCUT2D eigenvalue weighted by molar-refractivity contribution is 0.414. The van der Waals surface area contributed by atoms with Crippen LogP contribution in [-0.4, -0.2) is 0 Å². The monoisotopic (exact) mass is 308 g/mol. The molecule has 0 aliphatic heterocycles. The molecular weight excluding hydrogens is 284 g/mol. The third kappa shape index (κ3) is 2.99. The van der Waals surface area contributed by atoms with Crippen molar-refractivity contribution in [1.29, 1.82) is 0 Å². The zero-order valence-electron chi connectivity index (χ0n) is 12.0. The van der Waals surface area contributed by atoms with Crippen molar-refractivity contribution in [3.8, 4) is 0 Å². The zero-order chi connectivity index (χ0) is 13.3. The molecule has 0 N–H and O–H groups in total. The van der Waals surface area contributed by atoms with Crippen LogP contribution in [0.2, 0.25) is 0 Å². The zero-order valence-corrected chi connectivity index (χ0v) is 13.6. The van der Waals surface area contributed by atoms with Gasteiger partial charge < -0.3 is 0 Å². The number of rotatable bonds is 2. The van der Waals surface area contributed by atoms with E-state index in [9.17, 15) is 0 Å². The number of hydrogen-bond donors (Lipinski definition) is 0. The molecule has 0 aromatic heterocycles. The van der Waals surface area contributed by atoms with Gasteiger partial charge in [-0.3, -0.25) is 0 Å². The Morgan fingerprint density at radius 2 is 1.72 bits per heavy atom. The highest BCUT2D eigenvalue weighted by molar-refractivity contribution is 9.09. The molecule has 1 heteroatoms. The first-order valence-corrected chi connectivity index (χ1v) is 8.05. The summed E-state index contributed by atoms with van der Waals surface area (Å²) in [6.07, 6.45) is 4.17. The molecule has 1 fully saturated rings. The summed E-state index contributed by atoms with van der Waals surface area (Å²) in [6.45, 7) is 9.21. The molecule has 0 saturated heterocycles. The number of halogens is 1. The van der Waals surface area contributed by atoms with Crippen molar-refractivity contribution in [1.82, 2.24) is 0 Å². The van der Waals surface area contributed by atoms with Crippen molar-refractivity contribution in [3.63, 3.8) is 0 Å². The summed E-state index contributed by atoms with van der Waals surface area (Å²) in [5.41, 5.74) is 3.12. The predicted octanol–water partition coefficient (Wildman–Crippen LogP) is 5.86. The SMILES string of the molecule is CC1CCCC1C(Br)c1ccc(C(C)(C)C)cc1. The molecule has 1 saturated carbocycles. The smallest absolute Gasteiger partial charge is 0.0426 e. The summed E-state index contributed by atoms with van der Waals surface area (Å²) in [5.74, 6) is 1.67. The van der Waals surface area contributed by atoms with E-state index in [1.54, 1.807) is 0 Å². The van der Waals surface area contributed by atoms with E-state index < -0.39 is 0 Å². The number of benzene rings is 1. The van der Waals surface area contributed by atoms with Crippen LogP contribution < -0.4 is 0 Å². The third-order valence-corrected chi connectivity index (χ3v) is 5.61. The Bertz CT molecular complexity index is 385. The predicted molar refractivity (Wildman–Crippen MR) is 83.3 cm³/mol. The first-order chi connectivity index (χ1) is 8.39. The van der Waals surface area contributed by atoms with Crippen LogP contribution in [0.4, 0.5) is 0 Å². The highest BCUT2D eigenvalue weighted by Crippen LogP contribution is 2.44. The fourth-order valence-corrected chi connectivity index (χ4v) is 4.11. The van der Waals surface area contributed by atoms with E-state index in [1.807, 2.05) is 0 Å². The molecule has 0 nitrogen and oxygen atoms in total. The minimum Gasteiger partial charge on any atom is -0.0836 e. The summed E-state index contributed by atoms with van der Waals surface area (Å²) in [7, 11) is 0. The Kier molecular flexibility index (Phi) is 4.21. The molecule has 0 bridgehead atoms. The van der Waals surface area contributed by atoms with E-state index >= 15 is 0 Å². The van der Waals surface area contributed by atoms with Crippen molar-refractivity contribution < 1.29 is 0 Å². The van der Waals surface area contributed by atoms with Gasteiger partial charge in [-0.25, -0.2) is 0 Å². The Hall–Kier alpha value is -0.300. The van der Waals surface area contributed by atoms with Crippen molar-refractivity contribution in [2.75, 3.05) is 0 Å². The summed E-state index contributed by atoms with van der Waals surface area (Å²) < 4.78 is 0. The van der Waals surface area contributed by atoms with Crippen LogP contribution in [0.3, 0.4) is 0 Å². The fraction of sp³-hybridized carbons (Fsp3) is 0.647. The van der Waals surface area contributed by atoms with Gasteiger partial charge in [-0.05, 0) is 34.8 Å². The Morgan fingerprint density at radius 3 is 2.17 bits per heavy atom. The minimum atomic E-state index is 0.251. The van der Waals surface area contributed by atoms with E-state index in [-0.39, 0.29) is 5.41 Å². The molecule has 1 aliphatic carbocycles. The van der Waals surface area contributed by atoms with Gasteiger partial charge in [0, 0.05) is 4.83 Å². The van der Waals surface area contributed by atoms with Crippen molar-refractivity contribution in [2.24, 2.45) is 11.8 Å². The largest absolute Gasteiger partial charge is 0.0836 e. The van der Waals surface area contributed by atoms with Crippen LogP contribution in [0.1, 0.15) is 62.9 Å². The lowest BCUT2D eigenvalue weighted by atomic mass is 9.85. The lowest BCUT2D eigenvalue weighted by Gasteiger charge is -2.24. The number of alkyl halides is 1. The molecule has 0 heterocycles. The highest BCUT2D eigenvalue weighted by Gasteiger charge is 2.30. The van der Waals surface area contributed by atoms with Crippen LogP contribution in [0, 0.1) is 11.8 Å². The molecule has 3 unspecified atom stereocenters. The van der Waals surface area contributed by atoms with Crippen molar-refractivity contribution in [3.05, 3.63) is 35.4 Å². The fourth-order valence-electron chi connectivity index (χ4n) is 3.02. The summed E-state index contributed by atoms with van der Waals surface area (Å²) in [5, 5.41) is 0. The summed E-state index contributed by atoms with van der Waals surface area (Å²) in [4.78, 5) is 0.531. The maximum atomic E-state index is 3.93. The van der Waals surface area contributed by atoms with Gasteiger partial charge in [0.1, 0.15) is 0 Å². The second-order valence-electron chi connectivity index (χ2n) is 6.85. The second kappa shape index (κ2) is 5.36. The Morgan fingerprint density at radius 1 is 1.11 bits per heavy atom. The van der Waals surface area contributed by atoms with Gasteiger partial charge in [0.2, 0.25) is 0 Å².